The number of halogens is 1. The first-order valence-corrected chi connectivity index (χ1v) is 11.0. The van der Waals surface area contributed by atoms with Crippen LogP contribution in [0.3, 0.4) is 0 Å². The van der Waals surface area contributed by atoms with Gasteiger partial charge in [0.05, 0.1) is 0 Å². The predicted octanol–water partition coefficient (Wildman–Crippen LogP) is 7.81. The molecule has 0 heterocycles. The Balaban J connectivity index is 1.53. The molecule has 0 amide bonds. The number of fused-ring (bicyclic) bond motifs is 2. The zero-order valence-corrected chi connectivity index (χ0v) is 16.9. The third-order valence-corrected chi connectivity index (χ3v) is 7.17. The second kappa shape index (κ2) is 8.17. The lowest BCUT2D eigenvalue weighted by Crippen LogP contribution is -2.29. The minimum atomic E-state index is -0.0326. The predicted molar refractivity (Wildman–Crippen MR) is 114 cm³/mol. The Bertz CT molecular complexity index is 818. The molecule has 0 saturated heterocycles. The van der Waals surface area contributed by atoms with Crippen LogP contribution in [-0.2, 0) is 6.42 Å². The van der Waals surface area contributed by atoms with Crippen LogP contribution in [0.25, 0.3) is 10.8 Å². The van der Waals surface area contributed by atoms with Gasteiger partial charge in [-0.15, -0.1) is 0 Å². The lowest BCUT2D eigenvalue weighted by Gasteiger charge is -2.41. The van der Waals surface area contributed by atoms with E-state index in [-0.39, 0.29) is 5.82 Å². The molecule has 0 aromatic heterocycles. The highest BCUT2D eigenvalue weighted by Gasteiger charge is 2.35. The summed E-state index contributed by atoms with van der Waals surface area (Å²) in [6, 6.07) is 10.5. The van der Waals surface area contributed by atoms with Crippen LogP contribution in [0.15, 0.2) is 42.5 Å². The summed E-state index contributed by atoms with van der Waals surface area (Å²) in [6.45, 7) is 4.46. The number of hydrogen-bond acceptors (Lipinski definition) is 0. The fourth-order valence-electron chi connectivity index (χ4n) is 5.62. The number of rotatable bonds is 4. The summed E-state index contributed by atoms with van der Waals surface area (Å²) in [5.74, 6) is 3.22. The van der Waals surface area contributed by atoms with Crippen molar-refractivity contribution in [2.24, 2.45) is 17.8 Å². The molecule has 144 valence electrons. The molecule has 0 bridgehead atoms. The molecule has 1 heteroatoms. The summed E-state index contributed by atoms with van der Waals surface area (Å²) in [5.41, 5.74) is 2.46. The standard InChI is InChI=1S/C26H33F/c1-3-4-5-6-19-8-10-23-16-24(17-26(27)25(23)14-19)22-12-11-20-13-18(2)7-9-21(20)15-22/h3-4,8,10,14,16-18,20-22H,5-7,9,11-13,15H2,1-2H3/b4-3+. The van der Waals surface area contributed by atoms with Gasteiger partial charge in [-0.25, -0.2) is 4.39 Å². The minimum absolute atomic E-state index is 0.0326. The lowest BCUT2D eigenvalue weighted by atomic mass is 9.64. The van der Waals surface area contributed by atoms with Gasteiger partial charge in [-0.1, -0.05) is 43.7 Å². The first-order chi connectivity index (χ1) is 13.1. The van der Waals surface area contributed by atoms with Gasteiger partial charge >= 0.3 is 0 Å². The third kappa shape index (κ3) is 4.13. The monoisotopic (exact) mass is 364 g/mol. The van der Waals surface area contributed by atoms with Crippen molar-refractivity contribution in [1.29, 1.82) is 0 Å². The largest absolute Gasteiger partial charge is 0.206 e. The van der Waals surface area contributed by atoms with E-state index in [2.05, 4.69) is 43.3 Å². The van der Waals surface area contributed by atoms with Crippen molar-refractivity contribution in [2.75, 3.05) is 0 Å². The van der Waals surface area contributed by atoms with Crippen LogP contribution >= 0.6 is 0 Å². The van der Waals surface area contributed by atoms with Gasteiger partial charge in [0.2, 0.25) is 0 Å². The molecule has 2 aliphatic carbocycles. The smallest absolute Gasteiger partial charge is 0.131 e. The summed E-state index contributed by atoms with van der Waals surface area (Å²) in [5, 5.41) is 1.86. The van der Waals surface area contributed by atoms with E-state index in [1.54, 1.807) is 0 Å². The van der Waals surface area contributed by atoms with E-state index in [0.717, 1.165) is 41.4 Å². The van der Waals surface area contributed by atoms with Gasteiger partial charge in [0.25, 0.3) is 0 Å². The normalized spacial score (nSPS) is 28.6. The Kier molecular flexibility index (Phi) is 5.66. The van der Waals surface area contributed by atoms with Crippen LogP contribution in [-0.4, -0.2) is 0 Å². The average molecular weight is 365 g/mol. The minimum Gasteiger partial charge on any atom is -0.206 e. The molecule has 0 spiro atoms. The van der Waals surface area contributed by atoms with Gasteiger partial charge in [-0.05, 0) is 104 Å². The van der Waals surface area contributed by atoms with Crippen LogP contribution in [0, 0.1) is 23.6 Å². The molecular formula is C26H33F. The van der Waals surface area contributed by atoms with E-state index in [9.17, 15) is 4.39 Å². The summed E-state index contributed by atoms with van der Waals surface area (Å²) >= 11 is 0. The van der Waals surface area contributed by atoms with Gasteiger partial charge in [0, 0.05) is 5.39 Å². The van der Waals surface area contributed by atoms with Gasteiger partial charge in [0.1, 0.15) is 5.82 Å². The lowest BCUT2D eigenvalue weighted by molar-refractivity contribution is 0.124. The summed E-state index contributed by atoms with van der Waals surface area (Å²) in [4.78, 5) is 0. The molecule has 0 nitrogen and oxygen atoms in total. The van der Waals surface area contributed by atoms with Crippen molar-refractivity contribution in [2.45, 2.75) is 71.1 Å². The van der Waals surface area contributed by atoms with Crippen LogP contribution < -0.4 is 0 Å². The highest BCUT2D eigenvalue weighted by molar-refractivity contribution is 5.84. The first-order valence-electron chi connectivity index (χ1n) is 11.0. The Morgan fingerprint density at radius 3 is 2.67 bits per heavy atom. The van der Waals surface area contributed by atoms with E-state index in [4.69, 9.17) is 0 Å². The fourth-order valence-corrected chi connectivity index (χ4v) is 5.62. The molecule has 2 aliphatic rings. The van der Waals surface area contributed by atoms with Crippen LogP contribution in [0.5, 0.6) is 0 Å². The fraction of sp³-hybridized carbons (Fsp3) is 0.538. The highest BCUT2D eigenvalue weighted by Crippen LogP contribution is 2.47. The molecule has 4 atom stereocenters. The molecular weight excluding hydrogens is 331 g/mol. The van der Waals surface area contributed by atoms with E-state index in [1.165, 1.54) is 49.7 Å². The van der Waals surface area contributed by atoms with Crippen molar-refractivity contribution in [1.82, 2.24) is 0 Å². The summed E-state index contributed by atoms with van der Waals surface area (Å²) in [7, 11) is 0. The van der Waals surface area contributed by atoms with Crippen molar-refractivity contribution in [3.63, 3.8) is 0 Å². The molecule has 2 fully saturated rings. The molecule has 0 N–H and O–H groups in total. The number of allylic oxidation sites excluding steroid dienone is 2. The van der Waals surface area contributed by atoms with E-state index >= 15 is 0 Å². The number of benzene rings is 2. The zero-order valence-electron chi connectivity index (χ0n) is 16.9. The Morgan fingerprint density at radius 1 is 1.00 bits per heavy atom. The summed E-state index contributed by atoms with van der Waals surface area (Å²) in [6.07, 6.45) is 14.3. The molecule has 2 aromatic carbocycles. The average Bonchev–Trinajstić information content (AvgIpc) is 2.68. The first kappa shape index (κ1) is 18.7. The molecule has 4 rings (SSSR count). The van der Waals surface area contributed by atoms with Crippen molar-refractivity contribution in [3.05, 3.63) is 59.4 Å². The maximum Gasteiger partial charge on any atom is 0.131 e. The van der Waals surface area contributed by atoms with Crippen molar-refractivity contribution >= 4 is 10.8 Å². The van der Waals surface area contributed by atoms with Gasteiger partial charge in [-0.2, -0.15) is 0 Å². The Labute approximate surface area is 163 Å². The van der Waals surface area contributed by atoms with E-state index in [0.29, 0.717) is 5.92 Å². The Morgan fingerprint density at radius 2 is 1.81 bits per heavy atom. The van der Waals surface area contributed by atoms with Crippen LogP contribution in [0.2, 0.25) is 0 Å². The van der Waals surface area contributed by atoms with E-state index < -0.39 is 0 Å². The van der Waals surface area contributed by atoms with E-state index in [1.807, 2.05) is 13.0 Å². The van der Waals surface area contributed by atoms with Gasteiger partial charge in [-0.3, -0.25) is 0 Å². The molecule has 0 aliphatic heterocycles. The highest BCUT2D eigenvalue weighted by atomic mass is 19.1. The molecule has 2 aromatic rings. The van der Waals surface area contributed by atoms with Gasteiger partial charge < -0.3 is 0 Å². The molecule has 27 heavy (non-hydrogen) atoms. The van der Waals surface area contributed by atoms with Crippen molar-refractivity contribution < 1.29 is 4.39 Å². The third-order valence-electron chi connectivity index (χ3n) is 7.17. The second-order valence-corrected chi connectivity index (χ2v) is 9.11. The summed E-state index contributed by atoms with van der Waals surface area (Å²) < 4.78 is 14.9. The topological polar surface area (TPSA) is 0 Å². The molecule has 2 saturated carbocycles. The second-order valence-electron chi connectivity index (χ2n) is 9.11. The number of hydrogen-bond donors (Lipinski definition) is 0. The van der Waals surface area contributed by atoms with Crippen molar-refractivity contribution in [3.8, 4) is 0 Å². The molecule has 0 radical (unpaired) electrons. The maximum atomic E-state index is 14.9. The van der Waals surface area contributed by atoms with Gasteiger partial charge in [0.15, 0.2) is 0 Å². The Hall–Kier alpha value is -1.63. The maximum absolute atomic E-state index is 14.9. The van der Waals surface area contributed by atoms with Crippen LogP contribution in [0.4, 0.5) is 4.39 Å². The van der Waals surface area contributed by atoms with Crippen LogP contribution in [0.1, 0.15) is 75.8 Å². The number of aryl methyl sites for hydroxylation is 1. The SMILES string of the molecule is C/C=C/CCc1ccc2cc(C3CCC4CC(C)CCC4C3)cc(F)c2c1. The zero-order chi connectivity index (χ0) is 18.8. The molecule has 4 unspecified atom stereocenters. The quantitative estimate of drug-likeness (QED) is 0.485.